The van der Waals surface area contributed by atoms with E-state index in [-0.39, 0.29) is 23.2 Å². The van der Waals surface area contributed by atoms with E-state index in [9.17, 15) is 9.70 Å². The van der Waals surface area contributed by atoms with Gasteiger partial charge in [0.25, 0.3) is 5.91 Å². The summed E-state index contributed by atoms with van der Waals surface area (Å²) in [5.74, 6) is 0.321. The summed E-state index contributed by atoms with van der Waals surface area (Å²) >= 11 is 0. The average Bonchev–Trinajstić information content (AvgIpc) is 2.27. The minimum Gasteiger partial charge on any atom is -0.269 e. The van der Waals surface area contributed by atoms with Crippen LogP contribution in [0.3, 0.4) is 0 Å². The molecule has 3 nitrogen and oxygen atoms in total. The number of nitrogens with zero attached hydrogens (tertiary/aromatic N) is 1. The van der Waals surface area contributed by atoms with Crippen molar-refractivity contribution in [1.29, 1.82) is 0 Å². The maximum atomic E-state index is 11.7. The van der Waals surface area contributed by atoms with E-state index in [1.54, 1.807) is 0 Å². The standard InChI is InChI=1S/C13H19NO2/c1-13(2,3)11-9-6-4-8(5-7-9)10(11)12(15)14-16/h4,6,8-11H,5,7H2,1-3H3. The van der Waals surface area contributed by atoms with Gasteiger partial charge >= 0.3 is 0 Å². The van der Waals surface area contributed by atoms with Crippen LogP contribution in [0.15, 0.2) is 17.3 Å². The van der Waals surface area contributed by atoms with Crippen LogP contribution in [0.1, 0.15) is 33.6 Å². The average molecular weight is 221 g/mol. The number of hydrogen-bond acceptors (Lipinski definition) is 2. The predicted molar refractivity (Wildman–Crippen MR) is 62.6 cm³/mol. The van der Waals surface area contributed by atoms with Crippen molar-refractivity contribution in [2.75, 3.05) is 0 Å². The molecule has 0 aromatic heterocycles. The molecular weight excluding hydrogens is 202 g/mol. The largest absolute Gasteiger partial charge is 0.290 e. The first kappa shape index (κ1) is 11.5. The van der Waals surface area contributed by atoms with Gasteiger partial charge in [0.2, 0.25) is 0 Å². The Morgan fingerprint density at radius 2 is 1.75 bits per heavy atom. The van der Waals surface area contributed by atoms with Crippen molar-refractivity contribution in [1.82, 2.24) is 0 Å². The molecular formula is C13H19NO2. The van der Waals surface area contributed by atoms with Crippen LogP contribution >= 0.6 is 0 Å². The highest BCUT2D eigenvalue weighted by atomic mass is 16.3. The van der Waals surface area contributed by atoms with Crippen molar-refractivity contribution in [2.45, 2.75) is 33.6 Å². The Hall–Kier alpha value is -0.990. The second-order valence-electron chi connectivity index (χ2n) is 6.14. The zero-order valence-corrected chi connectivity index (χ0v) is 10.1. The third-order valence-corrected chi connectivity index (χ3v) is 4.12. The molecule has 3 aliphatic rings. The summed E-state index contributed by atoms with van der Waals surface area (Å²) < 4.78 is 0. The fraction of sp³-hybridized carbons (Fsp3) is 0.769. The maximum Gasteiger partial charge on any atom is 0.290 e. The first-order valence-electron chi connectivity index (χ1n) is 6.00. The summed E-state index contributed by atoms with van der Waals surface area (Å²) in [5, 5.41) is 2.67. The number of carbonyl (C=O) groups is 1. The number of nitroso groups, excluding NO2 is 1. The summed E-state index contributed by atoms with van der Waals surface area (Å²) in [5.41, 5.74) is 0.0547. The van der Waals surface area contributed by atoms with E-state index in [0.717, 1.165) is 12.8 Å². The Balaban J connectivity index is 2.36. The molecule has 3 heteroatoms. The Kier molecular flexibility index (Phi) is 2.72. The molecule has 1 fully saturated rings. The molecule has 0 spiro atoms. The van der Waals surface area contributed by atoms with E-state index >= 15 is 0 Å². The predicted octanol–water partition coefficient (Wildman–Crippen LogP) is 3.15. The molecule has 4 atom stereocenters. The summed E-state index contributed by atoms with van der Waals surface area (Å²) in [4.78, 5) is 22.2. The van der Waals surface area contributed by atoms with Crippen LogP contribution in [0, 0.1) is 34.0 Å². The molecule has 88 valence electrons. The van der Waals surface area contributed by atoms with Crippen LogP contribution in [0.4, 0.5) is 0 Å². The zero-order chi connectivity index (χ0) is 11.9. The number of rotatable bonds is 1. The fourth-order valence-electron chi connectivity index (χ4n) is 3.57. The van der Waals surface area contributed by atoms with Gasteiger partial charge < -0.3 is 0 Å². The van der Waals surface area contributed by atoms with Gasteiger partial charge in [-0.05, 0) is 36.0 Å². The van der Waals surface area contributed by atoms with Crippen molar-refractivity contribution in [3.8, 4) is 0 Å². The van der Waals surface area contributed by atoms with Gasteiger partial charge in [-0.1, -0.05) is 32.9 Å². The highest BCUT2D eigenvalue weighted by Crippen LogP contribution is 2.52. The Labute approximate surface area is 96.3 Å². The summed E-state index contributed by atoms with van der Waals surface area (Å²) in [6.07, 6.45) is 6.52. The van der Waals surface area contributed by atoms with E-state index in [2.05, 4.69) is 38.1 Å². The van der Waals surface area contributed by atoms with Gasteiger partial charge in [-0.15, -0.1) is 4.91 Å². The molecule has 0 radical (unpaired) electrons. The van der Waals surface area contributed by atoms with Crippen LogP contribution < -0.4 is 0 Å². The normalized spacial score (nSPS) is 37.4. The molecule has 2 bridgehead atoms. The first-order chi connectivity index (χ1) is 7.45. The van der Waals surface area contributed by atoms with Crippen molar-refractivity contribution >= 4 is 5.91 Å². The minimum atomic E-state index is -0.445. The second kappa shape index (κ2) is 3.79. The summed E-state index contributed by atoms with van der Waals surface area (Å²) in [6, 6.07) is 0. The van der Waals surface area contributed by atoms with E-state index in [1.165, 1.54) is 0 Å². The summed E-state index contributed by atoms with van der Waals surface area (Å²) in [6.45, 7) is 6.45. The van der Waals surface area contributed by atoms with Crippen molar-refractivity contribution in [2.24, 2.45) is 34.3 Å². The molecule has 3 rings (SSSR count). The van der Waals surface area contributed by atoms with Gasteiger partial charge in [0.1, 0.15) is 0 Å². The molecule has 0 N–H and O–H groups in total. The van der Waals surface area contributed by atoms with Crippen LogP contribution in [-0.4, -0.2) is 5.91 Å². The van der Waals surface area contributed by atoms with Gasteiger partial charge in [-0.2, -0.15) is 0 Å². The van der Waals surface area contributed by atoms with Gasteiger partial charge in [0, 0.05) is 5.18 Å². The lowest BCUT2D eigenvalue weighted by Crippen LogP contribution is -2.46. The van der Waals surface area contributed by atoms with Crippen molar-refractivity contribution < 1.29 is 4.79 Å². The Morgan fingerprint density at radius 1 is 1.19 bits per heavy atom. The number of amides is 1. The topological polar surface area (TPSA) is 46.5 Å². The number of hydrogen-bond donors (Lipinski definition) is 0. The Bertz CT molecular complexity index is 340. The van der Waals surface area contributed by atoms with Gasteiger partial charge in [-0.3, -0.25) is 4.79 Å². The lowest BCUT2D eigenvalue weighted by molar-refractivity contribution is -0.130. The molecule has 0 aliphatic heterocycles. The fourth-order valence-corrected chi connectivity index (χ4v) is 3.57. The molecule has 0 aromatic rings. The van der Waals surface area contributed by atoms with E-state index in [4.69, 9.17) is 0 Å². The smallest absolute Gasteiger partial charge is 0.269 e. The minimum absolute atomic E-state index is 0.0547. The van der Waals surface area contributed by atoms with Crippen LogP contribution in [-0.2, 0) is 4.79 Å². The quantitative estimate of drug-likeness (QED) is 0.504. The van der Waals surface area contributed by atoms with Crippen LogP contribution in [0.5, 0.6) is 0 Å². The zero-order valence-electron chi connectivity index (χ0n) is 10.1. The lowest BCUT2D eigenvalue weighted by Gasteiger charge is -2.49. The molecule has 0 heterocycles. The van der Waals surface area contributed by atoms with Crippen molar-refractivity contribution in [3.63, 3.8) is 0 Å². The number of fused-ring (bicyclic) bond motifs is 2. The molecule has 16 heavy (non-hydrogen) atoms. The summed E-state index contributed by atoms with van der Waals surface area (Å²) in [7, 11) is 0. The maximum absolute atomic E-state index is 11.7. The molecule has 0 aromatic carbocycles. The SMILES string of the molecule is CC(C)(C)C1C2C=CC(CC2)C1C(=O)N=O. The Morgan fingerprint density at radius 3 is 2.19 bits per heavy atom. The molecule has 0 saturated heterocycles. The highest BCUT2D eigenvalue weighted by Gasteiger charge is 2.49. The number of allylic oxidation sites excluding steroid dienone is 2. The molecule has 4 unspecified atom stereocenters. The van der Waals surface area contributed by atoms with E-state index < -0.39 is 5.91 Å². The van der Waals surface area contributed by atoms with Crippen LogP contribution in [0.2, 0.25) is 0 Å². The van der Waals surface area contributed by atoms with E-state index in [1.807, 2.05) is 0 Å². The molecule has 1 saturated carbocycles. The van der Waals surface area contributed by atoms with Gasteiger partial charge in [0.05, 0.1) is 5.92 Å². The number of carbonyl (C=O) groups excluding carboxylic acids is 1. The second-order valence-corrected chi connectivity index (χ2v) is 6.14. The van der Waals surface area contributed by atoms with E-state index in [0.29, 0.717) is 5.92 Å². The third-order valence-electron chi connectivity index (χ3n) is 4.12. The monoisotopic (exact) mass is 221 g/mol. The van der Waals surface area contributed by atoms with Gasteiger partial charge in [-0.25, -0.2) is 0 Å². The van der Waals surface area contributed by atoms with Gasteiger partial charge in [0.15, 0.2) is 0 Å². The highest BCUT2D eigenvalue weighted by molar-refractivity contribution is 5.80. The first-order valence-corrected chi connectivity index (χ1v) is 6.00. The molecule has 1 amide bonds. The van der Waals surface area contributed by atoms with Crippen molar-refractivity contribution in [3.05, 3.63) is 17.1 Å². The van der Waals surface area contributed by atoms with Crippen LogP contribution in [0.25, 0.3) is 0 Å². The molecule has 3 aliphatic carbocycles. The third kappa shape index (κ3) is 1.72. The lowest BCUT2D eigenvalue weighted by atomic mass is 9.55.